The summed E-state index contributed by atoms with van der Waals surface area (Å²) in [5, 5.41) is 7.32. The summed E-state index contributed by atoms with van der Waals surface area (Å²) >= 11 is 0. The number of aromatic nitrogens is 2. The van der Waals surface area contributed by atoms with Crippen LogP contribution >= 0.6 is 0 Å². The SMILES string of the molecule is COC(C(=O)Nc1ccnn1C1CCN(CC(N)=O)CC1)c1ccccc1. The highest BCUT2D eigenvalue weighted by Crippen LogP contribution is 2.26. The highest BCUT2D eigenvalue weighted by Gasteiger charge is 2.25. The Labute approximate surface area is 158 Å². The number of carbonyl (C=O) groups excluding carboxylic acids is 2. The molecule has 2 amide bonds. The zero-order valence-electron chi connectivity index (χ0n) is 15.4. The predicted octanol–water partition coefficient (Wildman–Crippen LogP) is 1.33. The summed E-state index contributed by atoms with van der Waals surface area (Å²) in [7, 11) is 1.52. The summed E-state index contributed by atoms with van der Waals surface area (Å²) in [6, 6.07) is 11.3. The number of primary amides is 1. The van der Waals surface area contributed by atoms with E-state index in [9.17, 15) is 9.59 Å². The quantitative estimate of drug-likeness (QED) is 0.764. The van der Waals surface area contributed by atoms with Crippen LogP contribution < -0.4 is 11.1 Å². The number of anilines is 1. The van der Waals surface area contributed by atoms with Crippen molar-refractivity contribution in [1.29, 1.82) is 0 Å². The number of ether oxygens (including phenoxy) is 1. The molecule has 0 spiro atoms. The fourth-order valence-electron chi connectivity index (χ4n) is 3.46. The lowest BCUT2D eigenvalue weighted by molar-refractivity contribution is -0.126. The van der Waals surface area contributed by atoms with Gasteiger partial charge < -0.3 is 15.8 Å². The van der Waals surface area contributed by atoms with Gasteiger partial charge in [0.05, 0.1) is 18.8 Å². The minimum Gasteiger partial charge on any atom is -0.369 e. The van der Waals surface area contributed by atoms with Gasteiger partial charge in [-0.05, 0) is 18.4 Å². The second-order valence-corrected chi connectivity index (χ2v) is 6.65. The van der Waals surface area contributed by atoms with Crippen LogP contribution in [0.25, 0.3) is 0 Å². The molecule has 2 heterocycles. The van der Waals surface area contributed by atoms with E-state index >= 15 is 0 Å². The normalized spacial score (nSPS) is 16.8. The molecule has 1 saturated heterocycles. The highest BCUT2D eigenvalue weighted by molar-refractivity contribution is 5.94. The second kappa shape index (κ2) is 8.79. The molecule has 1 aliphatic rings. The van der Waals surface area contributed by atoms with Crippen molar-refractivity contribution in [3.63, 3.8) is 0 Å². The van der Waals surface area contributed by atoms with E-state index in [1.807, 2.05) is 39.9 Å². The maximum Gasteiger partial charge on any atom is 0.259 e. The van der Waals surface area contributed by atoms with Crippen LogP contribution in [0.2, 0.25) is 0 Å². The zero-order valence-corrected chi connectivity index (χ0v) is 15.4. The number of benzene rings is 1. The van der Waals surface area contributed by atoms with Gasteiger partial charge in [-0.25, -0.2) is 4.68 Å². The average Bonchev–Trinajstić information content (AvgIpc) is 3.11. The van der Waals surface area contributed by atoms with Gasteiger partial charge in [0, 0.05) is 26.3 Å². The van der Waals surface area contributed by atoms with Crippen LogP contribution in [0.5, 0.6) is 0 Å². The molecule has 3 rings (SSSR count). The van der Waals surface area contributed by atoms with Crippen molar-refractivity contribution in [2.45, 2.75) is 25.0 Å². The smallest absolute Gasteiger partial charge is 0.259 e. The first-order chi connectivity index (χ1) is 13.1. The van der Waals surface area contributed by atoms with E-state index < -0.39 is 6.10 Å². The van der Waals surface area contributed by atoms with Gasteiger partial charge in [0.2, 0.25) is 5.91 Å². The first-order valence-corrected chi connectivity index (χ1v) is 9.01. The maximum absolute atomic E-state index is 12.7. The molecule has 2 aromatic rings. The number of hydrogen-bond donors (Lipinski definition) is 2. The first kappa shape index (κ1) is 19.1. The molecule has 0 bridgehead atoms. The molecule has 8 heteroatoms. The third-order valence-electron chi connectivity index (χ3n) is 4.78. The first-order valence-electron chi connectivity index (χ1n) is 9.01. The number of methoxy groups -OCH3 is 1. The summed E-state index contributed by atoms with van der Waals surface area (Å²) < 4.78 is 7.24. The van der Waals surface area contributed by atoms with Crippen molar-refractivity contribution in [3.05, 3.63) is 48.2 Å². The van der Waals surface area contributed by atoms with E-state index in [-0.39, 0.29) is 24.4 Å². The number of amides is 2. The summed E-state index contributed by atoms with van der Waals surface area (Å²) in [6.45, 7) is 1.82. The van der Waals surface area contributed by atoms with E-state index in [2.05, 4.69) is 10.4 Å². The second-order valence-electron chi connectivity index (χ2n) is 6.65. The van der Waals surface area contributed by atoms with Crippen molar-refractivity contribution < 1.29 is 14.3 Å². The number of hydrogen-bond acceptors (Lipinski definition) is 5. The van der Waals surface area contributed by atoms with Crippen LogP contribution in [0.15, 0.2) is 42.6 Å². The minimum atomic E-state index is -0.688. The lowest BCUT2D eigenvalue weighted by Gasteiger charge is -2.31. The number of carbonyl (C=O) groups is 2. The van der Waals surface area contributed by atoms with Gasteiger partial charge in [0.25, 0.3) is 5.91 Å². The topological polar surface area (TPSA) is 102 Å². The number of nitrogens with one attached hydrogen (secondary N) is 1. The summed E-state index contributed by atoms with van der Waals surface area (Å²) in [4.78, 5) is 25.8. The zero-order chi connectivity index (χ0) is 19.2. The van der Waals surface area contributed by atoms with Crippen molar-refractivity contribution in [2.24, 2.45) is 5.73 Å². The lowest BCUT2D eigenvalue weighted by Crippen LogP contribution is -2.40. The van der Waals surface area contributed by atoms with Crippen LogP contribution in [0.1, 0.15) is 30.6 Å². The monoisotopic (exact) mass is 371 g/mol. The fraction of sp³-hybridized carbons (Fsp3) is 0.421. The molecule has 0 saturated carbocycles. The summed E-state index contributed by atoms with van der Waals surface area (Å²) in [5.74, 6) is 0.0926. The molecule has 1 aromatic heterocycles. The van der Waals surface area contributed by atoms with E-state index in [0.717, 1.165) is 31.5 Å². The van der Waals surface area contributed by atoms with E-state index in [1.165, 1.54) is 7.11 Å². The van der Waals surface area contributed by atoms with Gasteiger partial charge in [-0.2, -0.15) is 5.10 Å². The molecule has 0 radical (unpaired) electrons. The number of likely N-dealkylation sites (tertiary alicyclic amines) is 1. The Morgan fingerprint density at radius 2 is 1.96 bits per heavy atom. The molecule has 1 fully saturated rings. The molecule has 1 unspecified atom stereocenters. The van der Waals surface area contributed by atoms with E-state index in [1.54, 1.807) is 12.3 Å². The number of rotatable bonds is 7. The van der Waals surface area contributed by atoms with Gasteiger partial charge in [0.15, 0.2) is 6.10 Å². The molecular weight excluding hydrogens is 346 g/mol. The Kier molecular flexibility index (Phi) is 6.20. The molecular formula is C19H25N5O3. The standard InChI is InChI=1S/C19H25N5O3/c1-27-18(14-5-3-2-4-6-14)19(26)22-17-7-10-21-24(17)15-8-11-23(12-9-15)13-16(20)25/h2-7,10,15,18H,8-9,11-13H2,1H3,(H2,20,25)(H,22,26). The van der Waals surface area contributed by atoms with Crippen LogP contribution in [-0.2, 0) is 14.3 Å². The summed E-state index contributed by atoms with van der Waals surface area (Å²) in [5.41, 5.74) is 6.06. The van der Waals surface area contributed by atoms with Crippen LogP contribution in [0, 0.1) is 0 Å². The Hall–Kier alpha value is -2.71. The number of piperidine rings is 1. The summed E-state index contributed by atoms with van der Waals surface area (Å²) in [6.07, 6.45) is 2.66. The number of nitrogens with two attached hydrogens (primary N) is 1. The minimum absolute atomic E-state index is 0.164. The number of nitrogens with zero attached hydrogens (tertiary/aromatic N) is 3. The van der Waals surface area contributed by atoms with E-state index in [0.29, 0.717) is 5.82 Å². The Balaban J connectivity index is 1.65. The molecule has 1 atom stereocenters. The molecule has 3 N–H and O–H groups in total. The maximum atomic E-state index is 12.7. The lowest BCUT2D eigenvalue weighted by atomic mass is 10.1. The Morgan fingerprint density at radius 1 is 1.26 bits per heavy atom. The highest BCUT2D eigenvalue weighted by atomic mass is 16.5. The average molecular weight is 371 g/mol. The van der Waals surface area contributed by atoms with Gasteiger partial charge in [-0.3, -0.25) is 14.5 Å². The van der Waals surface area contributed by atoms with Crippen molar-refractivity contribution in [2.75, 3.05) is 32.1 Å². The predicted molar refractivity (Wildman–Crippen MR) is 101 cm³/mol. The Bertz CT molecular complexity index is 769. The van der Waals surface area contributed by atoms with Gasteiger partial charge in [-0.15, -0.1) is 0 Å². The van der Waals surface area contributed by atoms with Crippen molar-refractivity contribution in [1.82, 2.24) is 14.7 Å². The van der Waals surface area contributed by atoms with E-state index in [4.69, 9.17) is 10.5 Å². The molecule has 1 aromatic carbocycles. The van der Waals surface area contributed by atoms with Crippen LogP contribution in [0.4, 0.5) is 5.82 Å². The molecule has 27 heavy (non-hydrogen) atoms. The molecule has 144 valence electrons. The van der Waals surface area contributed by atoms with Crippen molar-refractivity contribution >= 4 is 17.6 Å². The van der Waals surface area contributed by atoms with Gasteiger partial charge in [-0.1, -0.05) is 30.3 Å². The third kappa shape index (κ3) is 4.72. The van der Waals surface area contributed by atoms with Gasteiger partial charge >= 0.3 is 0 Å². The fourth-order valence-corrected chi connectivity index (χ4v) is 3.46. The molecule has 8 nitrogen and oxygen atoms in total. The van der Waals surface area contributed by atoms with Crippen molar-refractivity contribution in [3.8, 4) is 0 Å². The Morgan fingerprint density at radius 3 is 2.59 bits per heavy atom. The largest absolute Gasteiger partial charge is 0.369 e. The molecule has 0 aliphatic carbocycles. The van der Waals surface area contributed by atoms with Crippen LogP contribution in [0.3, 0.4) is 0 Å². The molecule has 1 aliphatic heterocycles. The third-order valence-corrected chi connectivity index (χ3v) is 4.78. The van der Waals surface area contributed by atoms with Gasteiger partial charge in [0.1, 0.15) is 5.82 Å². The van der Waals surface area contributed by atoms with Crippen LogP contribution in [-0.4, -0.2) is 53.2 Å².